The molecule has 1 aromatic heterocycles. The quantitative estimate of drug-likeness (QED) is 0.858. The average Bonchev–Trinajstić information content (AvgIpc) is 3.21. The van der Waals surface area contributed by atoms with E-state index in [9.17, 15) is 14.0 Å². The summed E-state index contributed by atoms with van der Waals surface area (Å²) < 4.78 is 13.8. The molecule has 0 saturated heterocycles. The van der Waals surface area contributed by atoms with Crippen LogP contribution in [0, 0.1) is 5.82 Å². The monoisotopic (exact) mass is 315 g/mol. The number of amides is 1. The Morgan fingerprint density at radius 3 is 2.86 bits per heavy atom. The van der Waals surface area contributed by atoms with Crippen molar-refractivity contribution in [1.82, 2.24) is 0 Å². The van der Waals surface area contributed by atoms with Crippen molar-refractivity contribution in [3.8, 4) is 0 Å². The summed E-state index contributed by atoms with van der Waals surface area (Å²) in [6, 6.07) is 5.88. The number of anilines is 1. The molecule has 2 aromatic rings. The number of benzene rings is 1. The molecule has 2 unspecified atom stereocenters. The van der Waals surface area contributed by atoms with Crippen molar-refractivity contribution in [3.05, 3.63) is 51.0 Å². The van der Waals surface area contributed by atoms with Gasteiger partial charge in [-0.2, -0.15) is 0 Å². The van der Waals surface area contributed by atoms with E-state index >= 15 is 0 Å². The first-order valence-electron chi connectivity index (χ1n) is 7.35. The first-order valence-corrected chi connectivity index (χ1v) is 8.17. The minimum Gasteiger partial charge on any atom is -0.319 e. The van der Waals surface area contributed by atoms with Crippen molar-refractivity contribution in [2.24, 2.45) is 0 Å². The smallest absolute Gasteiger partial charge is 0.265 e. The first-order chi connectivity index (χ1) is 10.7. The van der Waals surface area contributed by atoms with Gasteiger partial charge in [0.15, 0.2) is 0 Å². The van der Waals surface area contributed by atoms with Gasteiger partial charge in [-0.1, -0.05) is 0 Å². The zero-order chi connectivity index (χ0) is 15.3. The Bertz CT molecular complexity index is 755. The number of rotatable bonds is 3. The number of carbonyl (C=O) groups is 2. The zero-order valence-electron chi connectivity index (χ0n) is 11.8. The van der Waals surface area contributed by atoms with Gasteiger partial charge in [0, 0.05) is 10.4 Å². The molecule has 1 aromatic carbocycles. The maximum absolute atomic E-state index is 13.8. The molecule has 4 rings (SSSR count). The van der Waals surface area contributed by atoms with E-state index < -0.39 is 5.82 Å². The molecule has 112 valence electrons. The third-order valence-electron chi connectivity index (χ3n) is 4.63. The van der Waals surface area contributed by atoms with Crippen LogP contribution in [-0.2, 0) is 0 Å². The van der Waals surface area contributed by atoms with Crippen LogP contribution in [0.5, 0.6) is 0 Å². The van der Waals surface area contributed by atoms with E-state index in [0.717, 1.165) is 0 Å². The van der Waals surface area contributed by atoms with E-state index in [1.165, 1.54) is 59.2 Å². The molecule has 1 saturated carbocycles. The summed E-state index contributed by atoms with van der Waals surface area (Å²) in [6.45, 7) is 0. The van der Waals surface area contributed by atoms with E-state index in [2.05, 4.69) is 5.32 Å². The van der Waals surface area contributed by atoms with Gasteiger partial charge in [0.05, 0.1) is 10.6 Å². The number of fused-ring (bicyclic) bond motifs is 5. The number of nitrogens with one attached hydrogen (secondary N) is 1. The van der Waals surface area contributed by atoms with Gasteiger partial charge in [0.2, 0.25) is 0 Å². The highest BCUT2D eigenvalue weighted by atomic mass is 32.1. The normalized spacial score (nSPS) is 21.7. The maximum Gasteiger partial charge on any atom is 0.265 e. The van der Waals surface area contributed by atoms with Gasteiger partial charge in [-0.05, 0) is 60.9 Å². The number of halogens is 1. The Kier molecular flexibility index (Phi) is 3.11. The number of aldehydes is 1. The van der Waals surface area contributed by atoms with E-state index in [1.807, 2.05) is 6.07 Å². The topological polar surface area (TPSA) is 46.2 Å². The maximum atomic E-state index is 13.8. The molecule has 1 fully saturated rings. The molecule has 1 heterocycles. The Hall–Kier alpha value is -2.01. The fourth-order valence-electron chi connectivity index (χ4n) is 3.57. The van der Waals surface area contributed by atoms with Crippen LogP contribution in [0.4, 0.5) is 10.1 Å². The molecule has 22 heavy (non-hydrogen) atoms. The summed E-state index contributed by atoms with van der Waals surface area (Å²) in [7, 11) is 0. The molecular weight excluding hydrogens is 301 g/mol. The molecule has 2 bridgehead atoms. The molecule has 0 aliphatic heterocycles. The third kappa shape index (κ3) is 2.08. The lowest BCUT2D eigenvalue weighted by atomic mass is 9.99. The second-order valence-electron chi connectivity index (χ2n) is 5.95. The molecule has 2 aliphatic carbocycles. The summed E-state index contributed by atoms with van der Waals surface area (Å²) in [5.74, 6) is 0.374. The lowest BCUT2D eigenvalue weighted by molar-refractivity contribution is 0.102. The van der Waals surface area contributed by atoms with Crippen LogP contribution in [0.15, 0.2) is 24.3 Å². The Labute approximate surface area is 131 Å². The number of carbonyl (C=O) groups excluding carboxylic acids is 2. The summed E-state index contributed by atoms with van der Waals surface area (Å²) in [5.41, 5.74) is 1.70. The van der Waals surface area contributed by atoms with Crippen LogP contribution >= 0.6 is 11.3 Å². The van der Waals surface area contributed by atoms with Crippen molar-refractivity contribution >= 4 is 29.2 Å². The van der Waals surface area contributed by atoms with Crippen LogP contribution in [-0.4, -0.2) is 12.2 Å². The van der Waals surface area contributed by atoms with Crippen LogP contribution in [0.2, 0.25) is 0 Å². The lowest BCUT2D eigenvalue weighted by Crippen LogP contribution is -2.11. The first kappa shape index (κ1) is 13.6. The Morgan fingerprint density at radius 1 is 1.27 bits per heavy atom. The molecular formula is C17H14FNO2S. The van der Waals surface area contributed by atoms with Crippen LogP contribution in [0.1, 0.15) is 61.6 Å². The Morgan fingerprint density at radius 2 is 2.09 bits per heavy atom. The van der Waals surface area contributed by atoms with Crippen LogP contribution < -0.4 is 5.32 Å². The number of thiophene rings is 1. The highest BCUT2D eigenvalue weighted by Gasteiger charge is 2.39. The van der Waals surface area contributed by atoms with Gasteiger partial charge in [-0.25, -0.2) is 4.39 Å². The van der Waals surface area contributed by atoms with Crippen molar-refractivity contribution in [1.29, 1.82) is 0 Å². The molecule has 1 N–H and O–H groups in total. The fraction of sp³-hybridized carbons (Fsp3) is 0.294. The standard InChI is InChI=1S/C17H14FNO2S/c18-13-4-1-9(8-20)5-14(13)19-17(21)15-7-12-10-2-3-11(6-10)16(12)22-15/h1,4-5,7-8,10-11H,2-3,6H2,(H,19,21). The number of hydrogen-bond donors (Lipinski definition) is 1. The van der Waals surface area contributed by atoms with E-state index in [-0.39, 0.29) is 11.6 Å². The zero-order valence-corrected chi connectivity index (χ0v) is 12.6. The molecule has 1 amide bonds. The molecule has 5 heteroatoms. The third-order valence-corrected chi connectivity index (χ3v) is 5.94. The number of hydrogen-bond acceptors (Lipinski definition) is 3. The predicted octanol–water partition coefficient (Wildman–Crippen LogP) is 4.32. The molecule has 3 nitrogen and oxygen atoms in total. The van der Waals surface area contributed by atoms with Gasteiger partial charge in [0.25, 0.3) is 5.91 Å². The van der Waals surface area contributed by atoms with Crippen molar-refractivity contribution in [2.45, 2.75) is 31.1 Å². The van der Waals surface area contributed by atoms with Crippen molar-refractivity contribution in [2.75, 3.05) is 5.32 Å². The molecule has 2 aliphatic rings. The van der Waals surface area contributed by atoms with Crippen molar-refractivity contribution < 1.29 is 14.0 Å². The minimum atomic E-state index is -0.539. The second-order valence-corrected chi connectivity index (χ2v) is 7.03. The van der Waals surface area contributed by atoms with E-state index in [1.54, 1.807) is 0 Å². The highest BCUT2D eigenvalue weighted by molar-refractivity contribution is 7.14. The summed E-state index contributed by atoms with van der Waals surface area (Å²) in [4.78, 5) is 25.1. The minimum absolute atomic E-state index is 0.0473. The van der Waals surface area contributed by atoms with Crippen LogP contribution in [0.3, 0.4) is 0 Å². The fourth-order valence-corrected chi connectivity index (χ4v) is 4.86. The highest BCUT2D eigenvalue weighted by Crippen LogP contribution is 2.55. The molecule has 0 spiro atoms. The van der Waals surface area contributed by atoms with Crippen molar-refractivity contribution in [3.63, 3.8) is 0 Å². The summed E-state index contributed by atoms with van der Waals surface area (Å²) in [6.07, 6.45) is 4.28. The lowest BCUT2D eigenvalue weighted by Gasteiger charge is -2.07. The van der Waals surface area contributed by atoms with Gasteiger partial charge in [-0.3, -0.25) is 9.59 Å². The summed E-state index contributed by atoms with van der Waals surface area (Å²) in [5, 5.41) is 2.58. The van der Waals surface area contributed by atoms with Gasteiger partial charge in [-0.15, -0.1) is 11.3 Å². The summed E-state index contributed by atoms with van der Waals surface area (Å²) >= 11 is 1.52. The van der Waals surface area contributed by atoms with Gasteiger partial charge < -0.3 is 5.32 Å². The molecule has 0 radical (unpaired) electrons. The predicted molar refractivity (Wildman–Crippen MR) is 83.4 cm³/mol. The molecule has 2 atom stereocenters. The Balaban J connectivity index is 1.60. The van der Waals surface area contributed by atoms with Crippen LogP contribution in [0.25, 0.3) is 0 Å². The average molecular weight is 315 g/mol. The van der Waals surface area contributed by atoms with Gasteiger partial charge in [0.1, 0.15) is 12.1 Å². The van der Waals surface area contributed by atoms with E-state index in [4.69, 9.17) is 0 Å². The largest absolute Gasteiger partial charge is 0.319 e. The second kappa shape index (κ2) is 5.02. The SMILES string of the molecule is O=Cc1ccc(F)c(NC(=O)c2cc3c(s2)C2CCC3C2)c1. The van der Waals surface area contributed by atoms with E-state index in [0.29, 0.717) is 28.6 Å². The van der Waals surface area contributed by atoms with Gasteiger partial charge >= 0.3 is 0 Å².